The van der Waals surface area contributed by atoms with E-state index in [1.54, 1.807) is 0 Å². The van der Waals surface area contributed by atoms with Crippen LogP contribution in [0.25, 0.3) is 0 Å². The molecular weight excluding hydrogens is 379 g/mol. The van der Waals surface area contributed by atoms with Gasteiger partial charge in [-0.2, -0.15) is 0 Å². The lowest BCUT2D eigenvalue weighted by Gasteiger charge is -2.21. The van der Waals surface area contributed by atoms with Gasteiger partial charge in [-0.15, -0.1) is 24.0 Å². The molecule has 0 aromatic carbocycles. The molecule has 3 fully saturated rings. The maximum Gasteiger partial charge on any atom is 0.223 e. The molecular formula is C15H27IN4O. The SMILES string of the molecule is I.NC(=NCC1CC(=O)N(C2CC2)C1)N1CCCCCC1. The quantitative estimate of drug-likeness (QED) is 0.442. The number of guanidine groups is 1. The van der Waals surface area contributed by atoms with Gasteiger partial charge in [-0.3, -0.25) is 9.79 Å². The van der Waals surface area contributed by atoms with E-state index in [0.29, 0.717) is 36.8 Å². The molecule has 2 heterocycles. The number of nitrogens with zero attached hydrogens (tertiary/aromatic N) is 3. The van der Waals surface area contributed by atoms with E-state index in [1.807, 2.05) is 0 Å². The zero-order valence-electron chi connectivity index (χ0n) is 12.7. The fraction of sp³-hybridized carbons (Fsp3) is 0.867. The Labute approximate surface area is 144 Å². The fourth-order valence-electron chi connectivity index (χ4n) is 3.29. The summed E-state index contributed by atoms with van der Waals surface area (Å²) in [5, 5.41) is 0. The van der Waals surface area contributed by atoms with E-state index in [2.05, 4.69) is 14.8 Å². The average Bonchev–Trinajstić information content (AvgIpc) is 3.24. The number of hydrogen-bond acceptors (Lipinski definition) is 2. The second kappa shape index (κ2) is 7.65. The molecule has 0 spiro atoms. The molecule has 2 saturated heterocycles. The predicted octanol–water partition coefficient (Wildman–Crippen LogP) is 1.81. The van der Waals surface area contributed by atoms with E-state index < -0.39 is 0 Å². The molecule has 1 unspecified atom stereocenters. The summed E-state index contributed by atoms with van der Waals surface area (Å²) in [6.45, 7) is 3.66. The molecule has 1 saturated carbocycles. The number of hydrogen-bond donors (Lipinski definition) is 1. The van der Waals surface area contributed by atoms with Crippen molar-refractivity contribution in [1.82, 2.24) is 9.80 Å². The van der Waals surface area contributed by atoms with Gasteiger partial charge in [0.1, 0.15) is 0 Å². The van der Waals surface area contributed by atoms with Crippen LogP contribution in [0.5, 0.6) is 0 Å². The van der Waals surface area contributed by atoms with Crippen molar-refractivity contribution in [2.24, 2.45) is 16.6 Å². The summed E-state index contributed by atoms with van der Waals surface area (Å²) in [5.41, 5.74) is 6.11. The second-order valence-corrected chi connectivity index (χ2v) is 6.45. The molecule has 120 valence electrons. The van der Waals surface area contributed by atoms with Gasteiger partial charge in [0, 0.05) is 44.6 Å². The normalized spacial score (nSPS) is 27.5. The van der Waals surface area contributed by atoms with Crippen molar-refractivity contribution in [3.05, 3.63) is 0 Å². The van der Waals surface area contributed by atoms with Crippen LogP contribution in [0.15, 0.2) is 4.99 Å². The number of carbonyl (C=O) groups is 1. The minimum atomic E-state index is 0. The molecule has 1 aliphatic carbocycles. The Morgan fingerprint density at radius 1 is 1.19 bits per heavy atom. The van der Waals surface area contributed by atoms with E-state index in [0.717, 1.165) is 19.6 Å². The van der Waals surface area contributed by atoms with Crippen molar-refractivity contribution in [2.45, 2.75) is 51.0 Å². The first-order valence-corrected chi connectivity index (χ1v) is 8.08. The number of halogens is 1. The molecule has 0 aromatic rings. The summed E-state index contributed by atoms with van der Waals surface area (Å²) < 4.78 is 0. The van der Waals surface area contributed by atoms with Crippen LogP contribution in [-0.2, 0) is 4.79 Å². The number of nitrogens with two attached hydrogens (primary N) is 1. The van der Waals surface area contributed by atoms with Crippen LogP contribution in [0, 0.1) is 5.92 Å². The fourth-order valence-corrected chi connectivity index (χ4v) is 3.29. The number of aliphatic imine (C=N–C) groups is 1. The smallest absolute Gasteiger partial charge is 0.223 e. The summed E-state index contributed by atoms with van der Waals surface area (Å²) in [5.74, 6) is 1.37. The minimum absolute atomic E-state index is 0. The van der Waals surface area contributed by atoms with Gasteiger partial charge >= 0.3 is 0 Å². The van der Waals surface area contributed by atoms with Gasteiger partial charge in [0.05, 0.1) is 0 Å². The second-order valence-electron chi connectivity index (χ2n) is 6.45. The van der Waals surface area contributed by atoms with Crippen molar-refractivity contribution >= 4 is 35.8 Å². The van der Waals surface area contributed by atoms with E-state index in [4.69, 9.17) is 5.73 Å². The van der Waals surface area contributed by atoms with Crippen molar-refractivity contribution in [1.29, 1.82) is 0 Å². The highest BCUT2D eigenvalue weighted by molar-refractivity contribution is 14.0. The third kappa shape index (κ3) is 4.47. The molecule has 1 atom stereocenters. The Morgan fingerprint density at radius 3 is 2.48 bits per heavy atom. The van der Waals surface area contributed by atoms with E-state index >= 15 is 0 Å². The number of amides is 1. The first-order chi connectivity index (χ1) is 9.74. The van der Waals surface area contributed by atoms with Crippen LogP contribution < -0.4 is 5.73 Å². The zero-order valence-corrected chi connectivity index (χ0v) is 15.0. The average molecular weight is 406 g/mol. The molecule has 3 rings (SSSR count). The molecule has 0 bridgehead atoms. The van der Waals surface area contributed by atoms with Crippen molar-refractivity contribution in [2.75, 3.05) is 26.2 Å². The van der Waals surface area contributed by atoms with Gasteiger partial charge in [-0.05, 0) is 25.7 Å². The van der Waals surface area contributed by atoms with Crippen LogP contribution in [-0.4, -0.2) is 53.9 Å². The Kier molecular flexibility index (Phi) is 6.13. The Hall–Kier alpha value is -0.530. The van der Waals surface area contributed by atoms with E-state index in [9.17, 15) is 4.79 Å². The lowest BCUT2D eigenvalue weighted by atomic mass is 10.1. The van der Waals surface area contributed by atoms with E-state index in [-0.39, 0.29) is 24.0 Å². The van der Waals surface area contributed by atoms with Crippen LogP contribution in [0.3, 0.4) is 0 Å². The highest BCUT2D eigenvalue weighted by atomic mass is 127. The molecule has 3 aliphatic rings. The van der Waals surface area contributed by atoms with Crippen molar-refractivity contribution in [3.8, 4) is 0 Å². The summed E-state index contributed by atoms with van der Waals surface area (Å²) in [6.07, 6.45) is 8.08. The molecule has 1 amide bonds. The topological polar surface area (TPSA) is 61.9 Å². The van der Waals surface area contributed by atoms with Crippen LogP contribution >= 0.6 is 24.0 Å². The predicted molar refractivity (Wildman–Crippen MR) is 94.8 cm³/mol. The van der Waals surface area contributed by atoms with Gasteiger partial charge in [-0.1, -0.05) is 12.8 Å². The lowest BCUT2D eigenvalue weighted by molar-refractivity contribution is -0.128. The molecule has 21 heavy (non-hydrogen) atoms. The summed E-state index contributed by atoms with van der Waals surface area (Å²) in [6, 6.07) is 0.541. The number of carbonyl (C=O) groups excluding carboxylic acids is 1. The monoisotopic (exact) mass is 406 g/mol. The Balaban J connectivity index is 0.00000161. The standard InChI is InChI=1S/C15H26N4O.HI/c16-15(18-7-3-1-2-4-8-18)17-10-12-9-14(20)19(11-12)13-5-6-13;/h12-13H,1-11H2,(H2,16,17);1H. The third-order valence-corrected chi connectivity index (χ3v) is 4.67. The maximum absolute atomic E-state index is 11.9. The molecule has 5 nitrogen and oxygen atoms in total. The van der Waals surface area contributed by atoms with Crippen molar-refractivity contribution < 1.29 is 4.79 Å². The Morgan fingerprint density at radius 2 is 1.86 bits per heavy atom. The first-order valence-electron chi connectivity index (χ1n) is 8.08. The molecule has 2 aliphatic heterocycles. The van der Waals surface area contributed by atoms with Gasteiger partial charge in [0.25, 0.3) is 0 Å². The van der Waals surface area contributed by atoms with Gasteiger partial charge in [-0.25, -0.2) is 0 Å². The number of rotatable bonds is 3. The third-order valence-electron chi connectivity index (χ3n) is 4.67. The number of likely N-dealkylation sites (tertiary alicyclic amines) is 2. The van der Waals surface area contributed by atoms with Crippen LogP contribution in [0.4, 0.5) is 0 Å². The summed E-state index contributed by atoms with van der Waals surface area (Å²) in [4.78, 5) is 20.7. The highest BCUT2D eigenvalue weighted by Gasteiger charge is 2.39. The van der Waals surface area contributed by atoms with Crippen molar-refractivity contribution in [3.63, 3.8) is 0 Å². The summed E-state index contributed by atoms with van der Waals surface area (Å²) >= 11 is 0. The maximum atomic E-state index is 11.9. The first kappa shape index (κ1) is 16.8. The zero-order chi connectivity index (χ0) is 13.9. The lowest BCUT2D eigenvalue weighted by Crippen LogP contribution is -2.38. The Bertz CT molecular complexity index is 389. The van der Waals surface area contributed by atoms with Gasteiger partial charge in [0.15, 0.2) is 5.96 Å². The van der Waals surface area contributed by atoms with Crippen LogP contribution in [0.2, 0.25) is 0 Å². The van der Waals surface area contributed by atoms with E-state index in [1.165, 1.54) is 38.5 Å². The van der Waals surface area contributed by atoms with Gasteiger partial charge in [0.2, 0.25) is 5.91 Å². The molecule has 6 heteroatoms. The van der Waals surface area contributed by atoms with Crippen LogP contribution in [0.1, 0.15) is 44.9 Å². The molecule has 0 radical (unpaired) electrons. The highest BCUT2D eigenvalue weighted by Crippen LogP contribution is 2.32. The largest absolute Gasteiger partial charge is 0.370 e. The van der Waals surface area contributed by atoms with Gasteiger partial charge < -0.3 is 15.5 Å². The minimum Gasteiger partial charge on any atom is -0.370 e. The molecule has 2 N–H and O–H groups in total. The molecule has 0 aromatic heterocycles. The summed E-state index contributed by atoms with van der Waals surface area (Å²) in [7, 11) is 0.